The monoisotopic (exact) mass is 693 g/mol. The molecule has 8 nitrogen and oxygen atoms in total. The number of hydrogen-bond donors (Lipinski definition) is 1. The summed E-state index contributed by atoms with van der Waals surface area (Å²) in [6.07, 6.45) is 18.0. The lowest BCUT2D eigenvalue weighted by molar-refractivity contribution is -0.149. The first-order valence-electron chi connectivity index (χ1n) is 18.6. The molecule has 0 aliphatic heterocycles. The van der Waals surface area contributed by atoms with Crippen molar-refractivity contribution < 1.29 is 24.2 Å². The highest BCUT2D eigenvalue weighted by Crippen LogP contribution is 2.25. The Labute approximate surface area is 304 Å². The van der Waals surface area contributed by atoms with Crippen LogP contribution in [-0.4, -0.2) is 72.1 Å². The van der Waals surface area contributed by atoms with Crippen molar-refractivity contribution in [2.45, 2.75) is 127 Å². The molecule has 3 aliphatic carbocycles. The number of esters is 2. The van der Waals surface area contributed by atoms with Gasteiger partial charge in [-0.05, 0) is 68.1 Å². The molecule has 0 unspecified atom stereocenters. The third-order valence-electron chi connectivity index (χ3n) is 9.31. The number of aliphatic hydroxyl groups excluding tert-OH is 1. The number of carbonyl (C=O) groups excluding carboxylic acids is 2. The Balaban J connectivity index is 0.000000172. The second-order valence-corrected chi connectivity index (χ2v) is 13.5. The first-order valence-corrected chi connectivity index (χ1v) is 18.6. The molecule has 8 heteroatoms. The summed E-state index contributed by atoms with van der Waals surface area (Å²) in [4.78, 5) is 35.7. The molecule has 0 saturated heterocycles. The van der Waals surface area contributed by atoms with Crippen LogP contribution in [0.4, 0.5) is 0 Å². The molecule has 3 aromatic carbocycles. The summed E-state index contributed by atoms with van der Waals surface area (Å²) in [6.45, 7) is 2.93. The van der Waals surface area contributed by atoms with Crippen LogP contribution in [0.3, 0.4) is 0 Å². The molecule has 0 heterocycles. The van der Waals surface area contributed by atoms with Gasteiger partial charge in [0.15, 0.2) is 0 Å². The summed E-state index contributed by atoms with van der Waals surface area (Å²) in [6, 6.07) is 30.4. The van der Waals surface area contributed by atoms with Crippen molar-refractivity contribution >= 4 is 30.6 Å². The molecule has 6 rings (SSSR count). The fraction of sp³-hybridized carbons (Fsp3) is 0.465. The summed E-state index contributed by atoms with van der Waals surface area (Å²) in [5.41, 5.74) is 3.28. The highest BCUT2D eigenvalue weighted by Gasteiger charge is 2.27. The van der Waals surface area contributed by atoms with E-state index in [-0.39, 0.29) is 48.4 Å². The van der Waals surface area contributed by atoms with Crippen molar-refractivity contribution in [3.05, 3.63) is 108 Å². The van der Waals surface area contributed by atoms with E-state index in [1.807, 2.05) is 110 Å². The Kier molecular flexibility index (Phi) is 17.3. The molecule has 272 valence electrons. The van der Waals surface area contributed by atoms with Gasteiger partial charge in [-0.15, -0.1) is 0 Å². The van der Waals surface area contributed by atoms with Crippen LogP contribution >= 0.6 is 0 Å². The van der Waals surface area contributed by atoms with E-state index in [0.29, 0.717) is 0 Å². The fourth-order valence-electron chi connectivity index (χ4n) is 6.63. The second kappa shape index (κ2) is 22.4. The van der Waals surface area contributed by atoms with Crippen molar-refractivity contribution in [2.75, 3.05) is 0 Å². The van der Waals surface area contributed by atoms with Gasteiger partial charge in [-0.3, -0.25) is 24.6 Å². The second-order valence-electron chi connectivity index (χ2n) is 13.5. The molecule has 6 atom stereocenters. The topological polar surface area (TPSA) is 110 Å². The van der Waals surface area contributed by atoms with Gasteiger partial charge in [0.05, 0.1) is 24.2 Å². The van der Waals surface area contributed by atoms with E-state index in [1.54, 1.807) is 0 Å². The highest BCUT2D eigenvalue weighted by molar-refractivity contribution is 5.80. The van der Waals surface area contributed by atoms with E-state index in [0.717, 1.165) is 87.3 Å². The van der Waals surface area contributed by atoms with E-state index in [4.69, 9.17) is 9.47 Å². The molecule has 3 aromatic rings. The van der Waals surface area contributed by atoms with Crippen LogP contribution in [0.15, 0.2) is 106 Å². The zero-order chi connectivity index (χ0) is 36.1. The number of aliphatic hydroxyl groups is 1. The van der Waals surface area contributed by atoms with Crippen molar-refractivity contribution in [2.24, 2.45) is 15.0 Å². The average molecular weight is 694 g/mol. The molecule has 0 amide bonds. The number of hydrogen-bond acceptors (Lipinski definition) is 8. The summed E-state index contributed by atoms with van der Waals surface area (Å²) < 4.78 is 10.7. The van der Waals surface area contributed by atoms with Gasteiger partial charge < -0.3 is 14.6 Å². The molecular weight excluding hydrogens is 638 g/mol. The van der Waals surface area contributed by atoms with Crippen molar-refractivity contribution in [3.8, 4) is 0 Å². The van der Waals surface area contributed by atoms with Crippen molar-refractivity contribution in [1.82, 2.24) is 0 Å². The molecular formula is C43H55N3O5. The van der Waals surface area contributed by atoms with Crippen LogP contribution in [0.5, 0.6) is 0 Å². The molecule has 0 radical (unpaired) electrons. The standard InChI is InChI=1S/2C15H19NO2.C13H17NO/c2*1-12(17)18-15-10-6-5-9-14(15)16-11-13-7-3-2-4-8-13;15-13-9-5-4-8-12(13)14-10-11-6-2-1-3-7-11/h2*2-4,7-8,11,14-15H,5-6,9-10H2,1H3;1-3,6-7,10,12-13,15H,4-5,8-9H2/t14-,15+;14-,15-;12-,13-/m011/s1. The van der Waals surface area contributed by atoms with Gasteiger partial charge in [-0.1, -0.05) is 117 Å². The number of rotatable bonds is 8. The molecule has 0 aromatic heterocycles. The van der Waals surface area contributed by atoms with E-state index >= 15 is 0 Å². The van der Waals surface area contributed by atoms with Gasteiger partial charge in [0.2, 0.25) is 0 Å². The fourth-order valence-corrected chi connectivity index (χ4v) is 6.63. The SMILES string of the molecule is CC(=O)O[C@@H]1CCCC[C@@H]1N=Cc1ccccc1.CC(=O)O[C@@H]1CCCC[C@H]1N=Cc1ccccc1.O[C@@H]1CCCC[C@H]1N=Cc1ccccc1. The Morgan fingerprint density at radius 1 is 0.510 bits per heavy atom. The van der Waals surface area contributed by atoms with Gasteiger partial charge in [-0.25, -0.2) is 0 Å². The van der Waals surface area contributed by atoms with Crippen LogP contribution in [-0.2, 0) is 19.1 Å². The zero-order valence-corrected chi connectivity index (χ0v) is 30.3. The molecule has 3 fully saturated rings. The smallest absolute Gasteiger partial charge is 0.302 e. The predicted molar refractivity (Wildman–Crippen MR) is 206 cm³/mol. The maximum absolute atomic E-state index is 11.1. The number of ether oxygens (including phenoxy) is 2. The first-order chi connectivity index (χ1) is 24.9. The minimum absolute atomic E-state index is 0.0452. The minimum atomic E-state index is -0.237. The Bertz CT molecular complexity index is 1430. The first kappa shape index (κ1) is 39.4. The Morgan fingerprint density at radius 2 is 0.824 bits per heavy atom. The van der Waals surface area contributed by atoms with Gasteiger partial charge in [0.1, 0.15) is 12.2 Å². The zero-order valence-electron chi connectivity index (χ0n) is 30.3. The number of nitrogens with zero attached hydrogens (tertiary/aromatic N) is 3. The lowest BCUT2D eigenvalue weighted by Gasteiger charge is -2.27. The average Bonchev–Trinajstić information content (AvgIpc) is 3.15. The maximum atomic E-state index is 11.1. The largest absolute Gasteiger partial charge is 0.460 e. The maximum Gasteiger partial charge on any atom is 0.302 e. The van der Waals surface area contributed by atoms with E-state index in [2.05, 4.69) is 15.0 Å². The molecule has 3 aliphatic rings. The third-order valence-corrected chi connectivity index (χ3v) is 9.31. The molecule has 1 N–H and O–H groups in total. The summed E-state index contributed by atoms with van der Waals surface area (Å²) in [5.74, 6) is -0.413. The number of carbonyl (C=O) groups is 2. The lowest BCUT2D eigenvalue weighted by atomic mass is 9.93. The minimum Gasteiger partial charge on any atom is -0.460 e. The predicted octanol–water partition coefficient (Wildman–Crippen LogP) is 8.37. The van der Waals surface area contributed by atoms with Crippen molar-refractivity contribution in [1.29, 1.82) is 0 Å². The van der Waals surface area contributed by atoms with Crippen LogP contribution < -0.4 is 0 Å². The van der Waals surface area contributed by atoms with Gasteiger partial charge in [-0.2, -0.15) is 0 Å². The molecule has 3 saturated carbocycles. The normalized spacial score (nSPS) is 24.9. The van der Waals surface area contributed by atoms with E-state index in [9.17, 15) is 14.7 Å². The lowest BCUT2D eigenvalue weighted by Crippen LogP contribution is -2.32. The molecule has 0 bridgehead atoms. The Hall–Kier alpha value is -4.43. The molecule has 0 spiro atoms. The van der Waals surface area contributed by atoms with Gasteiger partial charge >= 0.3 is 11.9 Å². The van der Waals surface area contributed by atoms with Crippen LogP contribution in [0.2, 0.25) is 0 Å². The van der Waals surface area contributed by atoms with Crippen LogP contribution in [0, 0.1) is 0 Å². The summed E-state index contributed by atoms with van der Waals surface area (Å²) >= 11 is 0. The van der Waals surface area contributed by atoms with Crippen LogP contribution in [0.1, 0.15) is 108 Å². The number of aliphatic imine (C=N–C) groups is 3. The van der Waals surface area contributed by atoms with E-state index in [1.165, 1.54) is 20.3 Å². The van der Waals surface area contributed by atoms with Gasteiger partial charge in [0.25, 0.3) is 0 Å². The highest BCUT2D eigenvalue weighted by atomic mass is 16.5. The third kappa shape index (κ3) is 15.1. The van der Waals surface area contributed by atoms with Crippen molar-refractivity contribution in [3.63, 3.8) is 0 Å². The van der Waals surface area contributed by atoms with Crippen LogP contribution in [0.25, 0.3) is 0 Å². The Morgan fingerprint density at radius 3 is 1.18 bits per heavy atom. The number of benzene rings is 3. The summed E-state index contributed by atoms with van der Waals surface area (Å²) in [5, 5.41) is 9.73. The summed E-state index contributed by atoms with van der Waals surface area (Å²) in [7, 11) is 0. The van der Waals surface area contributed by atoms with Gasteiger partial charge in [0, 0.05) is 32.5 Å². The molecule has 51 heavy (non-hydrogen) atoms. The van der Waals surface area contributed by atoms with E-state index < -0.39 is 0 Å². The quantitative estimate of drug-likeness (QED) is 0.188.